The van der Waals surface area contributed by atoms with E-state index in [1.54, 1.807) is 30.3 Å². The van der Waals surface area contributed by atoms with E-state index in [0.29, 0.717) is 0 Å². The molecule has 1 aliphatic rings. The highest BCUT2D eigenvalue weighted by atomic mass is 32.2. The summed E-state index contributed by atoms with van der Waals surface area (Å²) < 4.78 is 64.0. The Bertz CT molecular complexity index is 779. The number of nitrogens with zero attached hydrogens (tertiary/aromatic N) is 3. The van der Waals surface area contributed by atoms with E-state index in [0.717, 1.165) is 15.0 Å². The van der Waals surface area contributed by atoms with Crippen molar-refractivity contribution >= 4 is 10.0 Å². The molecule has 0 bridgehead atoms. The quantitative estimate of drug-likeness (QED) is 0.866. The normalized spacial score (nSPS) is 21.3. The third-order valence-electron chi connectivity index (χ3n) is 3.31. The third-order valence-corrected chi connectivity index (χ3v) is 4.45. The van der Waals surface area contributed by atoms with Crippen LogP contribution in [0.5, 0.6) is 0 Å². The van der Waals surface area contributed by atoms with Crippen LogP contribution in [0, 0.1) is 0 Å². The molecule has 0 aliphatic carbocycles. The Balaban J connectivity index is 2.00. The molecular formula is C12H11F3N4O2S. The van der Waals surface area contributed by atoms with Gasteiger partial charge < -0.3 is 0 Å². The first-order valence-corrected chi connectivity index (χ1v) is 7.83. The number of alkyl halides is 3. The van der Waals surface area contributed by atoms with Gasteiger partial charge in [-0.2, -0.15) is 13.8 Å². The molecule has 1 aromatic heterocycles. The fourth-order valence-corrected chi connectivity index (χ4v) is 3.14. The minimum Gasteiger partial charge on any atom is -0.239 e. The van der Waals surface area contributed by atoms with Crippen molar-refractivity contribution in [2.24, 2.45) is 0 Å². The number of halogens is 3. The first kappa shape index (κ1) is 15.0. The van der Waals surface area contributed by atoms with Crippen molar-refractivity contribution in [3.8, 4) is 0 Å². The predicted molar refractivity (Wildman–Crippen MR) is 69.4 cm³/mol. The van der Waals surface area contributed by atoms with Crippen molar-refractivity contribution in [2.75, 3.05) is 0 Å². The van der Waals surface area contributed by atoms with Crippen LogP contribution in [0.15, 0.2) is 35.5 Å². The first-order valence-electron chi connectivity index (χ1n) is 6.34. The standard InChI is InChI=1S/C12H11F3N4O2S/c13-8-6-9(7-4-2-1-3-5-7)19-10(8)16-12(17-19)22(20,21)18-11(14)15/h1-5,8-9,11,18H,6H2/t8-,9-/m0/s1. The zero-order valence-electron chi connectivity index (χ0n) is 11.0. The molecule has 2 aromatic rings. The second kappa shape index (κ2) is 5.36. The molecule has 2 atom stereocenters. The Morgan fingerprint density at radius 1 is 1.27 bits per heavy atom. The number of benzene rings is 1. The van der Waals surface area contributed by atoms with E-state index in [1.807, 2.05) is 0 Å². The van der Waals surface area contributed by atoms with Crippen molar-refractivity contribution in [1.29, 1.82) is 0 Å². The van der Waals surface area contributed by atoms with Gasteiger partial charge in [0.15, 0.2) is 12.0 Å². The van der Waals surface area contributed by atoms with Gasteiger partial charge in [0.1, 0.15) is 0 Å². The monoisotopic (exact) mass is 332 g/mol. The van der Waals surface area contributed by atoms with Crippen molar-refractivity contribution in [3.63, 3.8) is 0 Å². The van der Waals surface area contributed by atoms with Crippen LogP contribution in [0.4, 0.5) is 13.2 Å². The number of hydrogen-bond acceptors (Lipinski definition) is 4. The average molecular weight is 332 g/mol. The summed E-state index contributed by atoms with van der Waals surface area (Å²) in [4.78, 5) is 3.57. The molecule has 1 N–H and O–H groups in total. The van der Waals surface area contributed by atoms with Crippen LogP contribution in [-0.2, 0) is 10.0 Å². The Hall–Kier alpha value is -1.94. The molecule has 3 rings (SSSR count). The highest BCUT2D eigenvalue weighted by Crippen LogP contribution is 2.39. The van der Waals surface area contributed by atoms with E-state index >= 15 is 0 Å². The first-order chi connectivity index (χ1) is 10.4. The molecular weight excluding hydrogens is 321 g/mol. The van der Waals surface area contributed by atoms with Gasteiger partial charge in [0.2, 0.25) is 0 Å². The van der Waals surface area contributed by atoms with Crippen LogP contribution in [0.2, 0.25) is 0 Å². The number of fused-ring (bicyclic) bond motifs is 1. The summed E-state index contributed by atoms with van der Waals surface area (Å²) in [5.74, 6) is -0.177. The lowest BCUT2D eigenvalue weighted by atomic mass is 10.0. The van der Waals surface area contributed by atoms with Crippen LogP contribution in [0.3, 0.4) is 0 Å². The second-order valence-electron chi connectivity index (χ2n) is 4.75. The summed E-state index contributed by atoms with van der Waals surface area (Å²) in [5.41, 5.74) is 0.736. The minimum absolute atomic E-state index is 0.0714. The zero-order chi connectivity index (χ0) is 15.9. The molecule has 0 amide bonds. The van der Waals surface area contributed by atoms with Gasteiger partial charge in [-0.15, -0.1) is 9.82 Å². The largest absolute Gasteiger partial charge is 0.305 e. The molecule has 0 saturated heterocycles. The molecule has 0 saturated carbocycles. The summed E-state index contributed by atoms with van der Waals surface area (Å²) in [6.07, 6.45) is -1.43. The van der Waals surface area contributed by atoms with Gasteiger partial charge in [-0.05, 0) is 5.56 Å². The van der Waals surface area contributed by atoms with Crippen molar-refractivity contribution in [2.45, 2.75) is 30.3 Å². The molecule has 1 aromatic carbocycles. The van der Waals surface area contributed by atoms with Crippen molar-refractivity contribution in [1.82, 2.24) is 19.5 Å². The molecule has 6 nitrogen and oxygen atoms in total. The molecule has 1 aliphatic heterocycles. The number of rotatable bonds is 4. The Morgan fingerprint density at radius 2 is 1.95 bits per heavy atom. The summed E-state index contributed by atoms with van der Waals surface area (Å²) >= 11 is 0. The van der Waals surface area contributed by atoms with Crippen LogP contribution in [0.25, 0.3) is 0 Å². The highest BCUT2D eigenvalue weighted by Gasteiger charge is 2.38. The van der Waals surface area contributed by atoms with Gasteiger partial charge in [-0.25, -0.2) is 17.5 Å². The Labute approximate surface area is 124 Å². The number of aromatic nitrogens is 3. The summed E-state index contributed by atoms with van der Waals surface area (Å²) in [7, 11) is -4.58. The van der Waals surface area contributed by atoms with Crippen LogP contribution < -0.4 is 4.72 Å². The smallest absolute Gasteiger partial charge is 0.239 e. The lowest BCUT2D eigenvalue weighted by Crippen LogP contribution is -2.29. The van der Waals surface area contributed by atoms with E-state index in [-0.39, 0.29) is 12.2 Å². The highest BCUT2D eigenvalue weighted by molar-refractivity contribution is 7.89. The van der Waals surface area contributed by atoms with Gasteiger partial charge >= 0.3 is 6.55 Å². The second-order valence-corrected chi connectivity index (χ2v) is 6.36. The van der Waals surface area contributed by atoms with Crippen molar-refractivity contribution in [3.05, 3.63) is 41.7 Å². The molecule has 22 heavy (non-hydrogen) atoms. The molecule has 2 heterocycles. The maximum atomic E-state index is 14.0. The lowest BCUT2D eigenvalue weighted by molar-refractivity contribution is 0.136. The van der Waals surface area contributed by atoms with E-state index < -0.39 is 33.9 Å². The van der Waals surface area contributed by atoms with E-state index in [4.69, 9.17) is 0 Å². The summed E-state index contributed by atoms with van der Waals surface area (Å²) in [6, 6.07) is 8.28. The zero-order valence-corrected chi connectivity index (χ0v) is 11.8. The van der Waals surface area contributed by atoms with E-state index in [1.165, 1.54) is 0 Å². The minimum atomic E-state index is -4.58. The molecule has 0 spiro atoms. The molecule has 0 radical (unpaired) electrons. The molecule has 118 valence electrons. The molecule has 0 fully saturated rings. The maximum Gasteiger partial charge on any atom is 0.305 e. The predicted octanol–water partition coefficient (Wildman–Crippen LogP) is 1.78. The number of nitrogens with one attached hydrogen (secondary N) is 1. The van der Waals surface area contributed by atoms with Gasteiger partial charge in [-0.3, -0.25) is 0 Å². The fraction of sp³-hybridized carbons (Fsp3) is 0.333. The topological polar surface area (TPSA) is 76.9 Å². The average Bonchev–Trinajstić information content (AvgIpc) is 3.00. The van der Waals surface area contributed by atoms with Crippen LogP contribution in [0.1, 0.15) is 30.0 Å². The number of hydrogen-bond donors (Lipinski definition) is 1. The number of sulfonamides is 1. The Morgan fingerprint density at radius 3 is 2.59 bits per heavy atom. The van der Waals surface area contributed by atoms with Gasteiger partial charge in [-0.1, -0.05) is 30.3 Å². The van der Waals surface area contributed by atoms with Gasteiger partial charge in [0, 0.05) is 6.42 Å². The van der Waals surface area contributed by atoms with Crippen LogP contribution in [-0.4, -0.2) is 29.7 Å². The Kier molecular flexibility index (Phi) is 3.65. The lowest BCUT2D eigenvalue weighted by Gasteiger charge is -2.11. The molecule has 10 heteroatoms. The SMILES string of the molecule is O=S(=O)(NC(F)F)c1nc2n(n1)[C@H](c1ccccc1)C[C@@H]2F. The summed E-state index contributed by atoms with van der Waals surface area (Å²) in [6.45, 7) is -3.28. The molecule has 0 unspecified atom stereocenters. The van der Waals surface area contributed by atoms with Crippen LogP contribution >= 0.6 is 0 Å². The van der Waals surface area contributed by atoms with Gasteiger partial charge in [0.25, 0.3) is 15.2 Å². The fourth-order valence-electron chi connectivity index (χ4n) is 2.40. The summed E-state index contributed by atoms with van der Waals surface area (Å²) in [5, 5.41) is 2.85. The third kappa shape index (κ3) is 2.59. The maximum absolute atomic E-state index is 14.0. The van der Waals surface area contributed by atoms with Gasteiger partial charge in [0.05, 0.1) is 6.04 Å². The van der Waals surface area contributed by atoms with E-state index in [2.05, 4.69) is 10.1 Å². The van der Waals surface area contributed by atoms with E-state index in [9.17, 15) is 21.6 Å². The van der Waals surface area contributed by atoms with Crippen molar-refractivity contribution < 1.29 is 21.6 Å².